The highest BCUT2D eigenvalue weighted by atomic mass is 32.2. The van der Waals surface area contributed by atoms with E-state index in [1.165, 1.54) is 4.90 Å². The lowest BCUT2D eigenvalue weighted by atomic mass is 9.92. The Hall–Kier alpha value is -2.03. The second kappa shape index (κ2) is 9.45. The fraction of sp³-hybridized carbons (Fsp3) is 0.500. The highest BCUT2D eigenvalue weighted by Gasteiger charge is 2.58. The van der Waals surface area contributed by atoms with Gasteiger partial charge in [-0.05, 0) is 49.6 Å². The third-order valence-corrected chi connectivity index (χ3v) is 6.67. The van der Waals surface area contributed by atoms with E-state index in [1.807, 2.05) is 43.3 Å². The van der Waals surface area contributed by atoms with Crippen molar-refractivity contribution in [1.82, 2.24) is 14.6 Å². The van der Waals surface area contributed by atoms with Crippen molar-refractivity contribution in [3.05, 3.63) is 53.7 Å². The molecule has 8 heteroatoms. The molecule has 1 aromatic carbocycles. The molecule has 2 aromatic rings. The maximum atomic E-state index is 15.0. The van der Waals surface area contributed by atoms with Crippen LogP contribution in [0.3, 0.4) is 0 Å². The molecule has 1 aliphatic heterocycles. The number of nitrogens with one attached hydrogen (secondary N) is 1. The zero-order valence-electron chi connectivity index (χ0n) is 19.2. The average molecular weight is 464 g/mol. The summed E-state index contributed by atoms with van der Waals surface area (Å²) in [5, 5.41) is 0. The van der Waals surface area contributed by atoms with Gasteiger partial charge < -0.3 is 9.45 Å². The highest BCUT2D eigenvalue weighted by Crippen LogP contribution is 2.37. The minimum Gasteiger partial charge on any atom is -0.598 e. The molecule has 0 saturated carbocycles. The molecule has 3 rings (SSSR count). The van der Waals surface area contributed by atoms with Gasteiger partial charge in [0, 0.05) is 28.5 Å². The summed E-state index contributed by atoms with van der Waals surface area (Å²) in [5.41, 5.74) is 2.76. The van der Waals surface area contributed by atoms with Gasteiger partial charge in [-0.1, -0.05) is 39.0 Å². The Morgan fingerprint density at radius 2 is 2.03 bits per heavy atom. The maximum absolute atomic E-state index is 15.0. The molecule has 0 spiro atoms. The van der Waals surface area contributed by atoms with Gasteiger partial charge in [-0.2, -0.15) is 0 Å². The Balaban J connectivity index is 1.96. The number of halogens is 2. The lowest BCUT2D eigenvalue weighted by Gasteiger charge is -2.32. The van der Waals surface area contributed by atoms with Gasteiger partial charge in [-0.15, -0.1) is 4.72 Å². The quantitative estimate of drug-likeness (QED) is 0.654. The van der Waals surface area contributed by atoms with Crippen molar-refractivity contribution in [2.24, 2.45) is 5.41 Å². The molecule has 1 fully saturated rings. The van der Waals surface area contributed by atoms with Crippen LogP contribution >= 0.6 is 0 Å². The van der Waals surface area contributed by atoms with Crippen LogP contribution in [0.25, 0.3) is 11.3 Å². The zero-order valence-corrected chi connectivity index (χ0v) is 20.0. The first-order valence-electron chi connectivity index (χ1n) is 10.8. The van der Waals surface area contributed by atoms with Gasteiger partial charge in [0.1, 0.15) is 11.8 Å². The van der Waals surface area contributed by atoms with Gasteiger partial charge in [-0.3, -0.25) is 9.78 Å². The lowest BCUT2D eigenvalue weighted by molar-refractivity contribution is -0.141. The first-order valence-corrected chi connectivity index (χ1v) is 12.1. The normalized spacial score (nSPS) is 21.6. The fourth-order valence-electron chi connectivity index (χ4n) is 3.97. The summed E-state index contributed by atoms with van der Waals surface area (Å²) in [6.45, 7) is 8.13. The molecule has 1 amide bonds. The van der Waals surface area contributed by atoms with Crippen molar-refractivity contribution >= 4 is 17.3 Å². The Labute approximate surface area is 191 Å². The molecule has 174 valence electrons. The van der Waals surface area contributed by atoms with Crippen LogP contribution in [0.1, 0.15) is 38.8 Å². The van der Waals surface area contributed by atoms with Crippen LogP contribution in [0, 0.1) is 12.3 Å². The second-order valence-corrected chi connectivity index (χ2v) is 10.9. The van der Waals surface area contributed by atoms with E-state index in [-0.39, 0.29) is 18.1 Å². The van der Waals surface area contributed by atoms with E-state index < -0.39 is 41.3 Å². The number of carbonyl (C=O) groups excluding carboxylic acids is 1. The van der Waals surface area contributed by atoms with Crippen molar-refractivity contribution in [1.29, 1.82) is 0 Å². The number of benzene rings is 1. The van der Waals surface area contributed by atoms with Crippen LogP contribution in [0.4, 0.5) is 8.78 Å². The summed E-state index contributed by atoms with van der Waals surface area (Å²) in [5.74, 6) is -3.32. The number of aryl methyl sites for hydroxylation is 1. The van der Waals surface area contributed by atoms with Crippen LogP contribution in [0.5, 0.6) is 0 Å². The number of nitrogens with zero attached hydrogens (tertiary/aromatic N) is 2. The van der Waals surface area contributed by atoms with Gasteiger partial charge in [-0.25, -0.2) is 8.78 Å². The van der Waals surface area contributed by atoms with E-state index >= 15 is 8.78 Å². The van der Waals surface area contributed by atoms with Crippen molar-refractivity contribution in [3.8, 4) is 11.3 Å². The third-order valence-electron chi connectivity index (χ3n) is 5.63. The fourth-order valence-corrected chi connectivity index (χ4v) is 4.75. The highest BCUT2D eigenvalue weighted by molar-refractivity contribution is 7.89. The minimum atomic E-state index is -3.19. The van der Waals surface area contributed by atoms with Crippen molar-refractivity contribution in [2.45, 2.75) is 59.0 Å². The number of pyridine rings is 1. The van der Waals surface area contributed by atoms with Crippen LogP contribution in [-0.2, 0) is 22.6 Å². The number of rotatable bonds is 6. The summed E-state index contributed by atoms with van der Waals surface area (Å²) in [6, 6.07) is 9.23. The third kappa shape index (κ3) is 5.47. The molecule has 2 heterocycles. The smallest absolute Gasteiger partial charge is 0.286 e. The molecule has 0 aliphatic carbocycles. The molecule has 0 radical (unpaired) electrons. The Kier molecular flexibility index (Phi) is 7.27. The first kappa shape index (κ1) is 24.6. The predicted octanol–water partition coefficient (Wildman–Crippen LogP) is 4.13. The number of alkyl halides is 2. The van der Waals surface area contributed by atoms with Gasteiger partial charge in [0.25, 0.3) is 5.92 Å². The number of amides is 1. The van der Waals surface area contributed by atoms with Gasteiger partial charge in [0.2, 0.25) is 5.91 Å². The van der Waals surface area contributed by atoms with Gasteiger partial charge in [0.05, 0.1) is 18.3 Å². The molecule has 5 nitrogen and oxygen atoms in total. The second-order valence-electron chi connectivity index (χ2n) is 9.36. The molecule has 1 N–H and O–H groups in total. The lowest BCUT2D eigenvalue weighted by Crippen LogP contribution is -2.53. The number of hydrogen-bond acceptors (Lipinski definition) is 4. The number of hydrogen-bond donors (Lipinski definition) is 1. The maximum Gasteiger partial charge on any atom is 0.286 e. The zero-order chi connectivity index (χ0) is 23.7. The summed E-state index contributed by atoms with van der Waals surface area (Å²) in [6.07, 6.45) is 1.95. The first-order chi connectivity index (χ1) is 14.9. The summed E-state index contributed by atoms with van der Waals surface area (Å²) in [4.78, 5) is 18.7. The van der Waals surface area contributed by atoms with Crippen LogP contribution in [-0.4, -0.2) is 50.6 Å². The average Bonchev–Trinajstić information content (AvgIpc) is 2.97. The topological polar surface area (TPSA) is 68.3 Å². The Morgan fingerprint density at radius 3 is 2.66 bits per heavy atom. The largest absolute Gasteiger partial charge is 0.598 e. The molecule has 1 saturated heterocycles. The van der Waals surface area contributed by atoms with Crippen LogP contribution < -0.4 is 4.72 Å². The number of carbonyl (C=O) groups is 1. The predicted molar refractivity (Wildman–Crippen MR) is 124 cm³/mol. The van der Waals surface area contributed by atoms with E-state index in [2.05, 4.69) is 9.71 Å². The van der Waals surface area contributed by atoms with E-state index in [0.29, 0.717) is 0 Å². The van der Waals surface area contributed by atoms with E-state index in [4.69, 9.17) is 0 Å². The van der Waals surface area contributed by atoms with Gasteiger partial charge >= 0.3 is 0 Å². The standard InChI is InChI=1S/C24H31F2N3O2S/c1-6-32(31)28-21-20(29(15-24(21,25)26)22(30)23(3,4)5)14-17-8-7-9-18(13-17)19-12-16(2)10-11-27-19/h7-13,20-21,28H,6,14-15H2,1-5H3/t20-,21+,32?/m0/s1. The minimum absolute atomic E-state index is 0.209. The van der Waals surface area contributed by atoms with Crippen LogP contribution in [0.2, 0.25) is 0 Å². The van der Waals surface area contributed by atoms with E-state index in [9.17, 15) is 9.35 Å². The number of aromatic nitrogens is 1. The van der Waals surface area contributed by atoms with E-state index in [0.717, 1.165) is 22.4 Å². The molecule has 1 aromatic heterocycles. The molecular formula is C24H31F2N3O2S. The van der Waals surface area contributed by atoms with Crippen LogP contribution in [0.15, 0.2) is 42.6 Å². The van der Waals surface area contributed by atoms with E-state index in [1.54, 1.807) is 33.9 Å². The Bertz CT molecular complexity index is 964. The summed E-state index contributed by atoms with van der Waals surface area (Å²) in [7, 11) is 0. The molecule has 1 unspecified atom stereocenters. The molecule has 32 heavy (non-hydrogen) atoms. The molecular weight excluding hydrogens is 432 g/mol. The van der Waals surface area contributed by atoms with Crippen molar-refractivity contribution in [3.63, 3.8) is 0 Å². The van der Waals surface area contributed by atoms with Crippen molar-refractivity contribution in [2.75, 3.05) is 12.3 Å². The SMILES string of the molecule is CC[S+]([O-])N[C@@H]1[C@H](Cc2cccc(-c3cc(C)ccn3)c2)N(C(=O)C(C)(C)C)CC1(F)F. The monoisotopic (exact) mass is 463 g/mol. The van der Waals surface area contributed by atoms with Gasteiger partial charge in [0.15, 0.2) is 0 Å². The molecule has 0 bridgehead atoms. The molecule has 1 aliphatic rings. The molecule has 3 atom stereocenters. The number of likely N-dealkylation sites (tertiary alicyclic amines) is 1. The van der Waals surface area contributed by atoms with Crippen molar-refractivity contribution < 1.29 is 18.1 Å². The Morgan fingerprint density at radius 1 is 1.31 bits per heavy atom. The summed E-state index contributed by atoms with van der Waals surface area (Å²) < 4.78 is 44.8. The summed E-state index contributed by atoms with van der Waals surface area (Å²) >= 11 is -1.61.